The zero-order valence-electron chi connectivity index (χ0n) is 10.3. The van der Waals surface area contributed by atoms with Crippen LogP contribution in [0.15, 0.2) is 45.8 Å². The fourth-order valence-electron chi connectivity index (χ4n) is 1.39. The van der Waals surface area contributed by atoms with Crippen LogP contribution in [0.25, 0.3) is 0 Å². The van der Waals surface area contributed by atoms with Gasteiger partial charge in [-0.3, -0.25) is 10.1 Å². The van der Waals surface area contributed by atoms with E-state index in [1.807, 2.05) is 0 Å². The smallest absolute Gasteiger partial charge is 0.302 e. The number of oxime groups is 1. The Bertz CT molecular complexity index is 725. The fraction of sp³-hybridized carbons (Fsp3) is 0. The fourth-order valence-corrected chi connectivity index (χ4v) is 2.43. The van der Waals surface area contributed by atoms with Gasteiger partial charge in [0.25, 0.3) is 0 Å². The number of amidine groups is 1. The van der Waals surface area contributed by atoms with Crippen molar-refractivity contribution >= 4 is 34.9 Å². The van der Waals surface area contributed by atoms with Crippen molar-refractivity contribution < 1.29 is 10.1 Å². The second-order valence-electron chi connectivity index (χ2n) is 3.68. The highest BCUT2D eigenvalue weighted by Gasteiger charge is 2.20. The van der Waals surface area contributed by atoms with Crippen LogP contribution in [0.5, 0.6) is 0 Å². The lowest BCUT2D eigenvalue weighted by atomic mass is 10.2. The molecule has 0 unspecified atom stereocenters. The van der Waals surface area contributed by atoms with Crippen molar-refractivity contribution in [3.63, 3.8) is 0 Å². The second-order valence-corrected chi connectivity index (χ2v) is 5.07. The van der Waals surface area contributed by atoms with Gasteiger partial charge in [-0.25, -0.2) is 9.97 Å². The van der Waals surface area contributed by atoms with E-state index in [4.69, 9.17) is 22.5 Å². The first-order chi connectivity index (χ1) is 10.0. The van der Waals surface area contributed by atoms with Crippen molar-refractivity contribution in [1.29, 1.82) is 0 Å². The van der Waals surface area contributed by atoms with E-state index in [2.05, 4.69) is 15.1 Å². The molecule has 2 heterocycles. The van der Waals surface area contributed by atoms with Gasteiger partial charge < -0.3 is 10.9 Å². The minimum Gasteiger partial charge on any atom is -0.409 e. The van der Waals surface area contributed by atoms with Gasteiger partial charge in [-0.05, 0) is 23.9 Å². The number of nitrogens with zero attached hydrogens (tertiary/aromatic N) is 4. The highest BCUT2D eigenvalue weighted by atomic mass is 35.5. The molecular weight excluding hydrogens is 318 g/mol. The summed E-state index contributed by atoms with van der Waals surface area (Å²) in [7, 11) is 0. The van der Waals surface area contributed by atoms with E-state index in [-0.39, 0.29) is 22.1 Å². The number of pyridine rings is 2. The molecule has 108 valence electrons. The molecule has 0 aliphatic carbocycles. The molecule has 0 radical (unpaired) electrons. The molecule has 2 aromatic heterocycles. The van der Waals surface area contributed by atoms with Crippen LogP contribution in [-0.4, -0.2) is 25.9 Å². The molecule has 21 heavy (non-hydrogen) atoms. The molecule has 0 saturated carbocycles. The molecular formula is C11H8ClN5O3S. The summed E-state index contributed by atoms with van der Waals surface area (Å²) in [5.74, 6) is -0.266. The summed E-state index contributed by atoms with van der Waals surface area (Å²) in [5, 5.41) is 23.3. The molecule has 3 N–H and O–H groups in total. The van der Waals surface area contributed by atoms with Crippen LogP contribution in [0.4, 0.5) is 5.69 Å². The van der Waals surface area contributed by atoms with E-state index < -0.39 is 4.92 Å². The summed E-state index contributed by atoms with van der Waals surface area (Å²) in [5.41, 5.74) is 5.24. The van der Waals surface area contributed by atoms with Crippen molar-refractivity contribution in [3.8, 4) is 0 Å². The summed E-state index contributed by atoms with van der Waals surface area (Å²) in [6, 6.07) is 4.43. The van der Waals surface area contributed by atoms with E-state index in [1.165, 1.54) is 18.5 Å². The topological polar surface area (TPSA) is 128 Å². The Morgan fingerprint density at radius 2 is 2.24 bits per heavy atom. The average Bonchev–Trinajstić information content (AvgIpc) is 2.49. The van der Waals surface area contributed by atoms with Gasteiger partial charge in [-0.15, -0.1) is 0 Å². The maximum absolute atomic E-state index is 11.1. The van der Waals surface area contributed by atoms with Crippen LogP contribution < -0.4 is 5.73 Å². The molecule has 0 aliphatic heterocycles. The molecule has 10 heteroatoms. The van der Waals surface area contributed by atoms with Crippen molar-refractivity contribution in [2.24, 2.45) is 10.9 Å². The SMILES string of the molecule is N/C(=N/O)c1cnc(Sc2ncccc2Cl)c([N+](=O)[O-])c1. The van der Waals surface area contributed by atoms with Gasteiger partial charge in [-0.2, -0.15) is 0 Å². The third-order valence-electron chi connectivity index (χ3n) is 2.35. The van der Waals surface area contributed by atoms with Crippen LogP contribution in [0.2, 0.25) is 5.02 Å². The molecule has 2 rings (SSSR count). The van der Waals surface area contributed by atoms with E-state index in [1.54, 1.807) is 12.1 Å². The third kappa shape index (κ3) is 3.38. The van der Waals surface area contributed by atoms with Crippen LogP contribution in [0, 0.1) is 10.1 Å². The molecule has 0 aromatic carbocycles. The van der Waals surface area contributed by atoms with Gasteiger partial charge in [0.1, 0.15) is 5.03 Å². The Balaban J connectivity index is 2.44. The molecule has 0 fully saturated rings. The minimum absolute atomic E-state index is 0.107. The van der Waals surface area contributed by atoms with Crippen LogP contribution in [0.1, 0.15) is 5.56 Å². The first-order valence-corrected chi connectivity index (χ1v) is 6.63. The van der Waals surface area contributed by atoms with Crippen molar-refractivity contribution in [2.45, 2.75) is 10.1 Å². The predicted octanol–water partition coefficient (Wildman–Crippen LogP) is 2.28. The number of nitro groups is 1. The normalized spacial score (nSPS) is 11.4. The first-order valence-electron chi connectivity index (χ1n) is 5.43. The Labute approximate surface area is 127 Å². The van der Waals surface area contributed by atoms with E-state index in [0.29, 0.717) is 10.0 Å². The Kier molecular flexibility index (Phi) is 4.55. The highest BCUT2D eigenvalue weighted by Crippen LogP contribution is 2.35. The Hall–Kier alpha value is -2.39. The standard InChI is InChI=1S/C11H8ClN5O3S/c12-7-2-1-3-14-10(7)21-11-8(17(19)20)4-6(5-15-11)9(13)16-18/h1-5,18H,(H2,13,16). The third-order valence-corrected chi connectivity index (χ3v) is 3.79. The van der Waals surface area contributed by atoms with Crippen LogP contribution in [0.3, 0.4) is 0 Å². The lowest BCUT2D eigenvalue weighted by Crippen LogP contribution is -2.14. The van der Waals surface area contributed by atoms with Gasteiger partial charge >= 0.3 is 5.69 Å². The van der Waals surface area contributed by atoms with Gasteiger partial charge in [0, 0.05) is 24.0 Å². The van der Waals surface area contributed by atoms with E-state index in [0.717, 1.165) is 11.8 Å². The minimum atomic E-state index is -0.611. The number of aromatic nitrogens is 2. The van der Waals surface area contributed by atoms with Gasteiger partial charge in [0.15, 0.2) is 10.9 Å². The first kappa shape index (κ1) is 15.0. The lowest BCUT2D eigenvalue weighted by molar-refractivity contribution is -0.388. The lowest BCUT2D eigenvalue weighted by Gasteiger charge is -2.04. The molecule has 2 aromatic rings. The zero-order chi connectivity index (χ0) is 15.4. The average molecular weight is 326 g/mol. The van der Waals surface area contributed by atoms with Gasteiger partial charge in [-0.1, -0.05) is 16.8 Å². The summed E-state index contributed by atoms with van der Waals surface area (Å²) < 4.78 is 0. The van der Waals surface area contributed by atoms with Gasteiger partial charge in [0.05, 0.1) is 9.95 Å². The summed E-state index contributed by atoms with van der Waals surface area (Å²) in [6.45, 7) is 0. The predicted molar refractivity (Wildman–Crippen MR) is 76.8 cm³/mol. The molecule has 0 amide bonds. The Morgan fingerprint density at radius 3 is 2.86 bits per heavy atom. The monoisotopic (exact) mass is 325 g/mol. The van der Waals surface area contributed by atoms with Crippen LogP contribution in [-0.2, 0) is 0 Å². The largest absolute Gasteiger partial charge is 0.409 e. The van der Waals surface area contributed by atoms with Crippen molar-refractivity contribution in [3.05, 3.63) is 51.3 Å². The molecule has 0 spiro atoms. The highest BCUT2D eigenvalue weighted by molar-refractivity contribution is 7.99. The molecule has 8 nitrogen and oxygen atoms in total. The maximum atomic E-state index is 11.1. The molecule has 0 saturated heterocycles. The molecule has 0 aliphatic rings. The number of halogens is 1. The summed E-state index contributed by atoms with van der Waals surface area (Å²) in [6.07, 6.45) is 2.78. The summed E-state index contributed by atoms with van der Waals surface area (Å²) in [4.78, 5) is 18.5. The van der Waals surface area contributed by atoms with E-state index in [9.17, 15) is 10.1 Å². The number of hydrogen-bond acceptors (Lipinski definition) is 7. The number of rotatable bonds is 4. The molecule has 0 atom stereocenters. The van der Waals surface area contributed by atoms with Crippen molar-refractivity contribution in [1.82, 2.24) is 9.97 Å². The number of hydrogen-bond donors (Lipinski definition) is 2. The zero-order valence-corrected chi connectivity index (χ0v) is 11.9. The quantitative estimate of drug-likeness (QED) is 0.290. The number of nitrogens with two attached hydrogens (primary N) is 1. The Morgan fingerprint density at radius 1 is 1.48 bits per heavy atom. The molecule has 0 bridgehead atoms. The van der Waals surface area contributed by atoms with Crippen molar-refractivity contribution in [2.75, 3.05) is 0 Å². The maximum Gasteiger partial charge on any atom is 0.302 e. The van der Waals surface area contributed by atoms with E-state index >= 15 is 0 Å². The second kappa shape index (κ2) is 6.37. The summed E-state index contributed by atoms with van der Waals surface area (Å²) >= 11 is 6.92. The van der Waals surface area contributed by atoms with Crippen LogP contribution >= 0.6 is 23.4 Å². The van der Waals surface area contributed by atoms with Gasteiger partial charge in [0.2, 0.25) is 0 Å².